The van der Waals surface area contributed by atoms with Gasteiger partial charge in [0.2, 0.25) is 0 Å². The molecule has 0 spiro atoms. The summed E-state index contributed by atoms with van der Waals surface area (Å²) in [7, 11) is -1.17. The van der Waals surface area contributed by atoms with E-state index in [0.717, 1.165) is 5.54 Å². The molecule has 0 N–H and O–H groups in total. The molecule has 2 aliphatic carbocycles. The van der Waals surface area contributed by atoms with Crippen LogP contribution < -0.4 is 0 Å². The summed E-state index contributed by atoms with van der Waals surface area (Å²) < 4.78 is 3.06. The van der Waals surface area contributed by atoms with Crippen molar-refractivity contribution in [2.24, 2.45) is 0 Å². The van der Waals surface area contributed by atoms with E-state index in [1.54, 1.807) is 41.1 Å². The molecule has 2 bridgehead atoms. The van der Waals surface area contributed by atoms with E-state index in [1.807, 2.05) is 0 Å². The number of allylic oxidation sites excluding steroid dienone is 2. The molecule has 4 aliphatic rings. The van der Waals surface area contributed by atoms with Gasteiger partial charge in [0, 0.05) is 23.1 Å². The number of nitrogens with zero attached hydrogens (tertiary/aromatic N) is 1. The fraction of sp³-hybridized carbons (Fsp3) is 0.200. The molecule has 3 heteroatoms. The molecule has 2 aliphatic heterocycles. The maximum atomic E-state index is 2.51. The monoisotopic (exact) mass is 520 g/mol. The van der Waals surface area contributed by atoms with E-state index in [0.29, 0.717) is 3.63 Å². The summed E-state index contributed by atoms with van der Waals surface area (Å²) >= 11 is 1.60. The predicted octanol–water partition coefficient (Wildman–Crippen LogP) is 7.99. The van der Waals surface area contributed by atoms with Gasteiger partial charge in [-0.2, -0.15) is 0 Å². The zero-order chi connectivity index (χ0) is 22.9. The van der Waals surface area contributed by atoms with Gasteiger partial charge >= 0.3 is 105 Å². The molecule has 0 fully saturated rings. The van der Waals surface area contributed by atoms with Crippen LogP contribution in [0, 0.1) is 0 Å². The van der Waals surface area contributed by atoms with Crippen LogP contribution in [0.5, 0.6) is 0 Å². The quantitative estimate of drug-likeness (QED) is 0.224. The van der Waals surface area contributed by atoms with Crippen molar-refractivity contribution in [1.82, 2.24) is 4.57 Å². The zero-order valence-electron chi connectivity index (χ0n) is 19.7. The molecule has 4 aromatic rings. The van der Waals surface area contributed by atoms with E-state index in [9.17, 15) is 0 Å². The van der Waals surface area contributed by atoms with Gasteiger partial charge in [-0.25, -0.2) is 0 Å². The molecule has 0 radical (unpaired) electrons. The molecule has 161 valence electrons. The Bertz CT molecular complexity index is 1470. The van der Waals surface area contributed by atoms with Crippen LogP contribution >= 0.6 is 0 Å². The van der Waals surface area contributed by atoms with Crippen LogP contribution in [0.3, 0.4) is 0 Å². The predicted molar refractivity (Wildman–Crippen MR) is 139 cm³/mol. The van der Waals surface area contributed by atoms with Crippen molar-refractivity contribution in [2.75, 3.05) is 0 Å². The molecule has 0 saturated heterocycles. The van der Waals surface area contributed by atoms with Crippen LogP contribution in [0.15, 0.2) is 90.1 Å². The number of hydrogen-bond donors (Lipinski definition) is 0. The van der Waals surface area contributed by atoms with E-state index in [4.69, 9.17) is 0 Å². The van der Waals surface area contributed by atoms with Crippen molar-refractivity contribution in [1.29, 1.82) is 0 Å². The Balaban J connectivity index is 0.000000127. The first-order valence-electron chi connectivity index (χ1n) is 11.8. The van der Waals surface area contributed by atoms with E-state index < -0.39 is 8.07 Å². The van der Waals surface area contributed by atoms with Gasteiger partial charge in [-0.1, -0.05) is 36.9 Å². The third kappa shape index (κ3) is 3.05. The first kappa shape index (κ1) is 21.3. The number of rotatable bonds is 1. The van der Waals surface area contributed by atoms with Crippen LogP contribution in [-0.2, 0) is 24.7 Å². The minimum atomic E-state index is -1.17. The van der Waals surface area contributed by atoms with Gasteiger partial charge in [0.25, 0.3) is 0 Å². The molecule has 8 rings (SSSR count). The topological polar surface area (TPSA) is 4.93 Å². The fourth-order valence-corrected chi connectivity index (χ4v) is 11.6. The molecule has 1 nitrogen and oxygen atoms in total. The van der Waals surface area contributed by atoms with Gasteiger partial charge in [-0.15, -0.1) is 0 Å². The average molecular weight is 522 g/mol. The molecule has 1 aromatic heterocycles. The van der Waals surface area contributed by atoms with Gasteiger partial charge in [-0.3, -0.25) is 0 Å². The fourth-order valence-electron chi connectivity index (χ4n) is 6.40. The van der Waals surface area contributed by atoms with Gasteiger partial charge in [0.05, 0.1) is 8.07 Å². The van der Waals surface area contributed by atoms with Crippen molar-refractivity contribution in [3.05, 3.63) is 113 Å². The molecule has 3 heterocycles. The Kier molecular flexibility index (Phi) is 4.94. The van der Waals surface area contributed by atoms with Crippen LogP contribution in [0.2, 0.25) is 13.1 Å². The Morgan fingerprint density at radius 2 is 1.55 bits per heavy atom. The van der Waals surface area contributed by atoms with E-state index >= 15 is 0 Å². The normalized spacial score (nSPS) is 21.1. The van der Waals surface area contributed by atoms with E-state index in [1.165, 1.54) is 38.9 Å². The summed E-state index contributed by atoms with van der Waals surface area (Å²) in [6, 6.07) is 26.2. The Morgan fingerprint density at radius 3 is 2.30 bits per heavy atom. The molecule has 3 aromatic carbocycles. The molecule has 33 heavy (non-hydrogen) atoms. The van der Waals surface area contributed by atoms with Gasteiger partial charge in [-0.05, 0) is 35.9 Å². The third-order valence-electron chi connectivity index (χ3n) is 7.84. The van der Waals surface area contributed by atoms with Crippen LogP contribution in [0.1, 0.15) is 45.4 Å². The summed E-state index contributed by atoms with van der Waals surface area (Å²) in [5.41, 5.74) is 11.3. The first-order chi connectivity index (χ1) is 15.9. The Labute approximate surface area is 212 Å². The minimum absolute atomic E-state index is 0.678. The maximum absolute atomic E-state index is 2.51. The first-order valence-corrected chi connectivity index (χ1v) is 16.3. The summed E-state index contributed by atoms with van der Waals surface area (Å²) in [4.78, 5) is 0. The molecule has 0 amide bonds. The Morgan fingerprint density at radius 1 is 0.818 bits per heavy atom. The van der Waals surface area contributed by atoms with Gasteiger partial charge in [0.1, 0.15) is 0 Å². The summed E-state index contributed by atoms with van der Waals surface area (Å²) in [6.07, 6.45) is 4.60. The zero-order valence-corrected chi connectivity index (χ0v) is 23.1. The second kappa shape index (κ2) is 7.65. The van der Waals surface area contributed by atoms with Gasteiger partial charge < -0.3 is 4.57 Å². The Hall–Kier alpha value is -2.22. The van der Waals surface area contributed by atoms with Crippen molar-refractivity contribution in [3.63, 3.8) is 0 Å². The molecular weight excluding hydrogens is 494 g/mol. The van der Waals surface area contributed by atoms with Crippen LogP contribution in [0.25, 0.3) is 27.7 Å². The number of hydrogen-bond acceptors (Lipinski definition) is 0. The van der Waals surface area contributed by atoms with Crippen molar-refractivity contribution in [2.45, 2.75) is 36.1 Å². The summed E-state index contributed by atoms with van der Waals surface area (Å²) in [5.74, 6) is 0. The summed E-state index contributed by atoms with van der Waals surface area (Å²) in [6.45, 7) is 9.59. The standard InChI is InChI=1S/C16H17NSi.C14H11.Zr/c1-11-15-13-9-10-17(12-7-5-4-6-8-12)14(13)16(11)18(15,2)3;1-10-8-12-7-6-11-4-2-3-5-13(11)14(12)9-10;/h4-10,15H,1-3H3;2-9H,1H3;. The number of aromatic nitrogens is 1. The SMILES string of the molecule is CC1=C2c3c(ccn3-c3ccccc3)C1[Si]2(C)C.CC1=Cc2c(ccc3ccccc23)[CH]1[Zr]. The van der Waals surface area contributed by atoms with Crippen LogP contribution in [-0.4, -0.2) is 12.6 Å². The second-order valence-electron chi connectivity index (χ2n) is 10.1. The van der Waals surface area contributed by atoms with Crippen LogP contribution in [0.4, 0.5) is 0 Å². The summed E-state index contributed by atoms with van der Waals surface area (Å²) in [5, 5.41) is 4.46. The number of para-hydroxylation sites is 1. The molecular formula is C30H28NSiZr. The molecule has 2 unspecified atom stereocenters. The number of benzene rings is 3. The van der Waals surface area contributed by atoms with Gasteiger partial charge in [0.15, 0.2) is 0 Å². The van der Waals surface area contributed by atoms with Crippen molar-refractivity contribution in [3.8, 4) is 5.69 Å². The van der Waals surface area contributed by atoms with Crippen molar-refractivity contribution < 1.29 is 24.7 Å². The number of fused-ring (bicyclic) bond motifs is 3. The third-order valence-corrected chi connectivity index (χ3v) is 13.8. The second-order valence-corrected chi connectivity index (χ2v) is 16.1. The average Bonchev–Trinajstić information content (AvgIpc) is 3.51. The van der Waals surface area contributed by atoms with E-state index in [-0.39, 0.29) is 0 Å². The molecule has 2 atom stereocenters. The van der Waals surface area contributed by atoms with E-state index in [2.05, 4.69) is 117 Å². The van der Waals surface area contributed by atoms with Crippen molar-refractivity contribution >= 4 is 30.1 Å². The molecule has 0 saturated carbocycles.